The topological polar surface area (TPSA) is 41.8 Å². The summed E-state index contributed by atoms with van der Waals surface area (Å²) >= 11 is 4.86. The first-order valence-corrected chi connectivity index (χ1v) is 7.59. The molecule has 1 N–H and O–H groups in total. The van der Waals surface area contributed by atoms with Crippen molar-refractivity contribution in [2.45, 2.75) is 34.1 Å². The highest BCUT2D eigenvalue weighted by Gasteiger charge is 1.97. The van der Waals surface area contributed by atoms with E-state index in [1.807, 2.05) is 63.4 Å². The summed E-state index contributed by atoms with van der Waals surface area (Å²) in [5.74, 6) is 0.723. The van der Waals surface area contributed by atoms with Gasteiger partial charge in [0.2, 0.25) is 0 Å². The number of hydrogen-bond donors (Lipinski definition) is 1. The van der Waals surface area contributed by atoms with Crippen LogP contribution in [0.5, 0.6) is 0 Å². The average molecular weight is 302 g/mol. The SMILES string of the molecule is CC.CCc1ccc(=S)[nH]c1.Cc1nc2ccccc2o1. The van der Waals surface area contributed by atoms with Crippen molar-refractivity contribution in [1.29, 1.82) is 0 Å². The van der Waals surface area contributed by atoms with E-state index >= 15 is 0 Å². The number of H-pyrrole nitrogens is 1. The second-order valence-corrected chi connectivity index (χ2v) is 4.56. The number of hydrogen-bond acceptors (Lipinski definition) is 3. The van der Waals surface area contributed by atoms with Gasteiger partial charge >= 0.3 is 0 Å². The van der Waals surface area contributed by atoms with Gasteiger partial charge in [0, 0.05) is 13.1 Å². The minimum Gasteiger partial charge on any atom is -0.441 e. The van der Waals surface area contributed by atoms with Crippen LogP contribution < -0.4 is 0 Å². The van der Waals surface area contributed by atoms with Gasteiger partial charge in [0.1, 0.15) is 10.2 Å². The third-order valence-electron chi connectivity index (χ3n) is 2.66. The van der Waals surface area contributed by atoms with E-state index in [0.29, 0.717) is 0 Å². The van der Waals surface area contributed by atoms with Crippen molar-refractivity contribution >= 4 is 23.3 Å². The first-order valence-electron chi connectivity index (χ1n) is 7.19. The quantitative estimate of drug-likeness (QED) is 0.606. The molecule has 2 aromatic heterocycles. The Morgan fingerprint density at radius 2 is 1.86 bits per heavy atom. The molecule has 2 heterocycles. The summed E-state index contributed by atoms with van der Waals surface area (Å²) in [7, 11) is 0. The number of aromatic nitrogens is 2. The van der Waals surface area contributed by atoms with E-state index < -0.39 is 0 Å². The number of rotatable bonds is 1. The number of pyridine rings is 1. The normalized spacial score (nSPS) is 9.33. The van der Waals surface area contributed by atoms with Crippen molar-refractivity contribution in [2.24, 2.45) is 0 Å². The zero-order valence-corrected chi connectivity index (χ0v) is 13.8. The number of oxazole rings is 1. The van der Waals surface area contributed by atoms with E-state index in [-0.39, 0.29) is 0 Å². The van der Waals surface area contributed by atoms with Crippen molar-refractivity contribution in [3.63, 3.8) is 0 Å². The Kier molecular flexibility index (Phi) is 7.40. The molecule has 0 spiro atoms. The number of fused-ring (bicyclic) bond motifs is 1. The van der Waals surface area contributed by atoms with Crippen LogP contribution in [0.3, 0.4) is 0 Å². The molecule has 3 aromatic rings. The summed E-state index contributed by atoms with van der Waals surface area (Å²) in [5, 5.41) is 0. The number of benzene rings is 1. The Morgan fingerprint density at radius 3 is 2.43 bits per heavy atom. The summed E-state index contributed by atoms with van der Waals surface area (Å²) in [6.45, 7) is 7.96. The first kappa shape index (κ1) is 17.1. The number of nitrogens with one attached hydrogen (secondary N) is 1. The van der Waals surface area contributed by atoms with E-state index in [2.05, 4.69) is 16.9 Å². The number of nitrogens with zero attached hydrogens (tertiary/aromatic N) is 1. The second-order valence-electron chi connectivity index (χ2n) is 4.12. The molecular formula is C17H22N2OS. The molecule has 0 atom stereocenters. The standard InChI is InChI=1S/C8H7NO.C7H9NS.C2H6/c1-6-9-7-4-2-3-5-8(7)10-6;1-2-6-3-4-7(9)8-5-6;1-2/h2-5H,1H3;3-5H,2H2,1H3,(H,8,9);1-2H3. The minimum absolute atomic E-state index is 0.723. The average Bonchev–Trinajstić information content (AvgIpc) is 2.91. The second kappa shape index (κ2) is 9.08. The first-order chi connectivity index (χ1) is 10.2. The third-order valence-corrected chi connectivity index (χ3v) is 2.91. The van der Waals surface area contributed by atoms with E-state index in [0.717, 1.165) is 28.1 Å². The number of para-hydroxylation sites is 2. The smallest absolute Gasteiger partial charge is 0.192 e. The summed E-state index contributed by atoms with van der Waals surface area (Å²) in [4.78, 5) is 7.11. The lowest BCUT2D eigenvalue weighted by molar-refractivity contribution is 0.561. The van der Waals surface area contributed by atoms with Crippen molar-refractivity contribution < 1.29 is 4.42 Å². The highest BCUT2D eigenvalue weighted by Crippen LogP contribution is 2.12. The maximum absolute atomic E-state index is 5.26. The minimum atomic E-state index is 0.723. The molecule has 0 saturated heterocycles. The van der Waals surface area contributed by atoms with Crippen LogP contribution in [-0.4, -0.2) is 9.97 Å². The number of aromatic amines is 1. The molecule has 1 aromatic carbocycles. The molecule has 0 aliphatic heterocycles. The Hall–Kier alpha value is -1.94. The molecule has 21 heavy (non-hydrogen) atoms. The third kappa shape index (κ3) is 5.52. The van der Waals surface area contributed by atoms with Crippen LogP contribution >= 0.6 is 12.2 Å². The molecule has 0 unspecified atom stereocenters. The van der Waals surface area contributed by atoms with Gasteiger partial charge in [-0.25, -0.2) is 4.98 Å². The molecule has 112 valence electrons. The highest BCUT2D eigenvalue weighted by atomic mass is 32.1. The molecule has 0 aliphatic carbocycles. The lowest BCUT2D eigenvalue weighted by Crippen LogP contribution is -1.80. The van der Waals surface area contributed by atoms with Crippen LogP contribution in [0.4, 0.5) is 0 Å². The fourth-order valence-electron chi connectivity index (χ4n) is 1.65. The Morgan fingerprint density at radius 1 is 1.14 bits per heavy atom. The lowest BCUT2D eigenvalue weighted by Gasteiger charge is -1.91. The monoisotopic (exact) mass is 302 g/mol. The molecule has 3 nitrogen and oxygen atoms in total. The zero-order chi connectivity index (χ0) is 15.7. The van der Waals surface area contributed by atoms with Crippen molar-refractivity contribution in [3.8, 4) is 0 Å². The van der Waals surface area contributed by atoms with Crippen molar-refractivity contribution in [1.82, 2.24) is 9.97 Å². The van der Waals surface area contributed by atoms with E-state index in [9.17, 15) is 0 Å². The molecule has 0 saturated carbocycles. The molecule has 3 rings (SSSR count). The van der Waals surface area contributed by atoms with Gasteiger partial charge in [-0.15, -0.1) is 0 Å². The van der Waals surface area contributed by atoms with Crippen LogP contribution in [0.15, 0.2) is 47.0 Å². The van der Waals surface area contributed by atoms with Gasteiger partial charge in [-0.2, -0.15) is 0 Å². The fraction of sp³-hybridized carbons (Fsp3) is 0.294. The van der Waals surface area contributed by atoms with Crippen molar-refractivity contribution in [2.75, 3.05) is 0 Å². The van der Waals surface area contributed by atoms with Gasteiger partial charge < -0.3 is 9.40 Å². The molecule has 0 radical (unpaired) electrons. The van der Waals surface area contributed by atoms with E-state index in [1.165, 1.54) is 5.56 Å². The molecule has 0 fully saturated rings. The summed E-state index contributed by atoms with van der Waals surface area (Å²) in [6.07, 6.45) is 3.01. The summed E-state index contributed by atoms with van der Waals surface area (Å²) in [6, 6.07) is 11.7. The van der Waals surface area contributed by atoms with Crippen LogP contribution in [0.2, 0.25) is 0 Å². The van der Waals surface area contributed by atoms with Crippen LogP contribution in [0.1, 0.15) is 32.2 Å². The Labute approximate surface area is 131 Å². The predicted octanol–water partition coefficient (Wildman–Crippen LogP) is 5.47. The fourth-order valence-corrected chi connectivity index (χ4v) is 1.78. The van der Waals surface area contributed by atoms with Gasteiger partial charge in [0.15, 0.2) is 11.5 Å². The van der Waals surface area contributed by atoms with Crippen LogP contribution in [0, 0.1) is 11.6 Å². The molecule has 0 aliphatic rings. The highest BCUT2D eigenvalue weighted by molar-refractivity contribution is 7.71. The summed E-state index contributed by atoms with van der Waals surface area (Å²) in [5.41, 5.74) is 3.09. The Balaban J connectivity index is 0.000000189. The van der Waals surface area contributed by atoms with Crippen molar-refractivity contribution in [3.05, 3.63) is 58.7 Å². The zero-order valence-electron chi connectivity index (χ0n) is 13.0. The van der Waals surface area contributed by atoms with Gasteiger partial charge in [0.05, 0.1) is 0 Å². The van der Waals surface area contributed by atoms with E-state index in [4.69, 9.17) is 16.6 Å². The van der Waals surface area contributed by atoms with E-state index in [1.54, 1.807) is 0 Å². The maximum atomic E-state index is 5.26. The molecule has 0 amide bonds. The van der Waals surface area contributed by atoms with Crippen LogP contribution in [-0.2, 0) is 6.42 Å². The molecule has 0 bridgehead atoms. The van der Waals surface area contributed by atoms with Gasteiger partial charge in [-0.05, 0) is 30.2 Å². The predicted molar refractivity (Wildman–Crippen MR) is 91.1 cm³/mol. The number of aryl methyl sites for hydroxylation is 2. The van der Waals surface area contributed by atoms with Gasteiger partial charge in [-0.3, -0.25) is 0 Å². The van der Waals surface area contributed by atoms with Gasteiger partial charge in [0.25, 0.3) is 0 Å². The van der Waals surface area contributed by atoms with Crippen LogP contribution in [0.25, 0.3) is 11.1 Å². The largest absolute Gasteiger partial charge is 0.441 e. The molecule has 4 heteroatoms. The Bertz CT molecular complexity index is 662. The maximum Gasteiger partial charge on any atom is 0.192 e. The molecular weight excluding hydrogens is 280 g/mol. The van der Waals surface area contributed by atoms with Gasteiger partial charge in [-0.1, -0.05) is 51.2 Å². The summed E-state index contributed by atoms with van der Waals surface area (Å²) < 4.78 is 6.06. The lowest BCUT2D eigenvalue weighted by atomic mass is 10.2.